The number of aromatic nitrogens is 2. The molecule has 0 bridgehead atoms. The molecule has 0 unspecified atom stereocenters. The summed E-state index contributed by atoms with van der Waals surface area (Å²) in [5, 5.41) is 4.77. The maximum absolute atomic E-state index is 6.05. The summed E-state index contributed by atoms with van der Waals surface area (Å²) in [4.78, 5) is 9.39. The van der Waals surface area contributed by atoms with Gasteiger partial charge in [-0.1, -0.05) is 41.0 Å². The van der Waals surface area contributed by atoms with Crippen molar-refractivity contribution in [2.45, 2.75) is 19.5 Å². The van der Waals surface area contributed by atoms with Gasteiger partial charge in [0.15, 0.2) is 0 Å². The van der Waals surface area contributed by atoms with E-state index in [1.54, 1.807) is 0 Å². The number of hydrogen-bond acceptors (Lipinski definition) is 6. The molecule has 2 aromatic carbocycles. The number of fused-ring (bicyclic) bond motifs is 1. The molecule has 0 amide bonds. The molecule has 2 aliphatic rings. The molecule has 3 aromatic rings. The molecule has 0 aliphatic carbocycles. The quantitative estimate of drug-likeness (QED) is 0.640. The van der Waals surface area contributed by atoms with E-state index in [2.05, 4.69) is 38.1 Å². The SMILES string of the molecule is Clc1cccc(-c2noc(CN3CCN(Cc4ccc5c(c4)CCO5)CC3)n2)c1. The lowest BCUT2D eigenvalue weighted by molar-refractivity contribution is 0.112. The normalized spacial score (nSPS) is 17.3. The standard InChI is InChI=1S/C22H23ClN4O2/c23-19-3-1-2-18(13-19)22-24-21(29-25-22)15-27-9-7-26(8-10-27)14-16-4-5-20-17(12-16)6-11-28-20/h1-5,12-13H,6-11,14-15H2. The maximum atomic E-state index is 6.05. The fourth-order valence-corrected chi connectivity index (χ4v) is 4.15. The number of hydrogen-bond donors (Lipinski definition) is 0. The molecule has 1 aromatic heterocycles. The predicted molar refractivity (Wildman–Crippen MR) is 111 cm³/mol. The van der Waals surface area contributed by atoms with Crippen LogP contribution in [0, 0.1) is 0 Å². The Bertz CT molecular complexity index is 998. The second-order valence-electron chi connectivity index (χ2n) is 7.61. The molecule has 0 spiro atoms. The fraction of sp³-hybridized carbons (Fsp3) is 0.364. The second kappa shape index (κ2) is 8.14. The lowest BCUT2D eigenvalue weighted by Crippen LogP contribution is -2.45. The van der Waals surface area contributed by atoms with Crippen molar-refractivity contribution in [2.24, 2.45) is 0 Å². The van der Waals surface area contributed by atoms with E-state index in [1.807, 2.05) is 24.3 Å². The molecule has 1 saturated heterocycles. The van der Waals surface area contributed by atoms with Crippen LogP contribution in [0.3, 0.4) is 0 Å². The van der Waals surface area contributed by atoms with Gasteiger partial charge in [-0.3, -0.25) is 9.80 Å². The summed E-state index contributed by atoms with van der Waals surface area (Å²) in [6.07, 6.45) is 1.03. The molecule has 3 heterocycles. The van der Waals surface area contributed by atoms with E-state index in [-0.39, 0.29) is 0 Å². The molecule has 0 atom stereocenters. The summed E-state index contributed by atoms with van der Waals surface area (Å²) in [5.74, 6) is 2.28. The van der Waals surface area contributed by atoms with Gasteiger partial charge in [-0.05, 0) is 29.3 Å². The molecule has 0 N–H and O–H groups in total. The first-order valence-electron chi connectivity index (χ1n) is 10.0. The lowest BCUT2D eigenvalue weighted by atomic mass is 10.1. The van der Waals surface area contributed by atoms with Crippen molar-refractivity contribution in [2.75, 3.05) is 32.8 Å². The monoisotopic (exact) mass is 410 g/mol. The summed E-state index contributed by atoms with van der Waals surface area (Å²) < 4.78 is 11.1. The molecule has 6 nitrogen and oxygen atoms in total. The first-order chi connectivity index (χ1) is 14.2. The van der Waals surface area contributed by atoms with Crippen LogP contribution in [-0.4, -0.2) is 52.7 Å². The smallest absolute Gasteiger partial charge is 0.241 e. The Morgan fingerprint density at radius 2 is 1.79 bits per heavy atom. The Kier molecular flexibility index (Phi) is 5.23. The Labute approximate surface area is 175 Å². The number of halogens is 1. The summed E-state index contributed by atoms with van der Waals surface area (Å²) in [5.41, 5.74) is 3.58. The summed E-state index contributed by atoms with van der Waals surface area (Å²) in [6, 6.07) is 14.1. The highest BCUT2D eigenvalue weighted by Crippen LogP contribution is 2.26. The van der Waals surface area contributed by atoms with Crippen molar-refractivity contribution in [3.63, 3.8) is 0 Å². The van der Waals surface area contributed by atoms with Crippen LogP contribution in [0.25, 0.3) is 11.4 Å². The van der Waals surface area contributed by atoms with Gasteiger partial charge in [0.05, 0.1) is 13.2 Å². The zero-order valence-electron chi connectivity index (χ0n) is 16.2. The van der Waals surface area contributed by atoms with E-state index < -0.39 is 0 Å². The van der Waals surface area contributed by atoms with E-state index in [1.165, 1.54) is 11.1 Å². The fourth-order valence-electron chi connectivity index (χ4n) is 3.96. The minimum absolute atomic E-state index is 0.585. The van der Waals surface area contributed by atoms with Crippen molar-refractivity contribution < 1.29 is 9.26 Å². The van der Waals surface area contributed by atoms with Crippen LogP contribution in [0.4, 0.5) is 0 Å². The number of benzene rings is 2. The summed E-state index contributed by atoms with van der Waals surface area (Å²) >= 11 is 6.05. The Balaban J connectivity index is 1.14. The van der Waals surface area contributed by atoms with Crippen molar-refractivity contribution in [1.82, 2.24) is 19.9 Å². The van der Waals surface area contributed by atoms with Gasteiger partial charge in [0, 0.05) is 49.7 Å². The van der Waals surface area contributed by atoms with E-state index in [0.717, 1.165) is 57.1 Å². The van der Waals surface area contributed by atoms with Crippen molar-refractivity contribution in [3.05, 3.63) is 64.5 Å². The zero-order valence-corrected chi connectivity index (χ0v) is 16.9. The Morgan fingerprint density at radius 3 is 2.62 bits per heavy atom. The highest BCUT2D eigenvalue weighted by molar-refractivity contribution is 6.30. The van der Waals surface area contributed by atoms with Crippen LogP contribution in [0.2, 0.25) is 5.02 Å². The molecule has 5 rings (SSSR count). The van der Waals surface area contributed by atoms with E-state index in [9.17, 15) is 0 Å². The van der Waals surface area contributed by atoms with Crippen LogP contribution in [-0.2, 0) is 19.5 Å². The molecule has 0 saturated carbocycles. The van der Waals surface area contributed by atoms with Gasteiger partial charge in [0.1, 0.15) is 5.75 Å². The first kappa shape index (κ1) is 18.6. The largest absolute Gasteiger partial charge is 0.493 e. The van der Waals surface area contributed by atoms with Crippen LogP contribution in [0.1, 0.15) is 17.0 Å². The number of piperazine rings is 1. The molecule has 7 heteroatoms. The molecular formula is C22H23ClN4O2. The second-order valence-corrected chi connectivity index (χ2v) is 8.05. The van der Waals surface area contributed by atoms with E-state index in [4.69, 9.17) is 20.9 Å². The molecule has 150 valence electrons. The van der Waals surface area contributed by atoms with Gasteiger partial charge in [-0.25, -0.2) is 0 Å². The Morgan fingerprint density at radius 1 is 0.966 bits per heavy atom. The molecule has 29 heavy (non-hydrogen) atoms. The average Bonchev–Trinajstić information content (AvgIpc) is 3.39. The van der Waals surface area contributed by atoms with E-state index in [0.29, 0.717) is 23.3 Å². The molecule has 1 fully saturated rings. The van der Waals surface area contributed by atoms with Crippen LogP contribution >= 0.6 is 11.6 Å². The zero-order chi connectivity index (χ0) is 19.6. The number of nitrogens with zero attached hydrogens (tertiary/aromatic N) is 4. The third-order valence-electron chi connectivity index (χ3n) is 5.53. The van der Waals surface area contributed by atoms with Gasteiger partial charge >= 0.3 is 0 Å². The maximum Gasteiger partial charge on any atom is 0.241 e. The highest BCUT2D eigenvalue weighted by Gasteiger charge is 2.20. The van der Waals surface area contributed by atoms with Gasteiger partial charge in [0.25, 0.3) is 0 Å². The van der Waals surface area contributed by atoms with Crippen LogP contribution in [0.15, 0.2) is 47.0 Å². The van der Waals surface area contributed by atoms with Crippen molar-refractivity contribution in [3.8, 4) is 17.1 Å². The topological polar surface area (TPSA) is 54.6 Å². The third-order valence-corrected chi connectivity index (χ3v) is 5.77. The van der Waals surface area contributed by atoms with Crippen LogP contribution < -0.4 is 4.74 Å². The summed E-state index contributed by atoms with van der Waals surface area (Å²) in [7, 11) is 0. The lowest BCUT2D eigenvalue weighted by Gasteiger charge is -2.34. The molecular weight excluding hydrogens is 388 g/mol. The van der Waals surface area contributed by atoms with Gasteiger partial charge in [-0.2, -0.15) is 4.98 Å². The van der Waals surface area contributed by atoms with Crippen LogP contribution in [0.5, 0.6) is 5.75 Å². The van der Waals surface area contributed by atoms with Gasteiger partial charge in [0.2, 0.25) is 11.7 Å². The first-order valence-corrected chi connectivity index (χ1v) is 10.4. The summed E-state index contributed by atoms with van der Waals surface area (Å²) in [6.45, 7) is 6.52. The van der Waals surface area contributed by atoms with E-state index >= 15 is 0 Å². The Hall–Kier alpha value is -2.41. The molecule has 2 aliphatic heterocycles. The van der Waals surface area contributed by atoms with Crippen molar-refractivity contribution in [1.29, 1.82) is 0 Å². The van der Waals surface area contributed by atoms with Crippen molar-refractivity contribution >= 4 is 11.6 Å². The average molecular weight is 411 g/mol. The van der Waals surface area contributed by atoms with Gasteiger partial charge in [-0.15, -0.1) is 0 Å². The highest BCUT2D eigenvalue weighted by atomic mass is 35.5. The third kappa shape index (κ3) is 4.29. The number of rotatable bonds is 5. The molecule has 0 radical (unpaired) electrons. The van der Waals surface area contributed by atoms with Gasteiger partial charge < -0.3 is 9.26 Å². The minimum Gasteiger partial charge on any atom is -0.493 e. The minimum atomic E-state index is 0.585. The predicted octanol–water partition coefficient (Wildman–Crippen LogP) is 3.64. The number of ether oxygens (including phenoxy) is 1.